The Balaban J connectivity index is 0.00000312. The van der Waals surface area contributed by atoms with E-state index in [0.29, 0.717) is 16.5 Å². The molecule has 25 heavy (non-hydrogen) atoms. The Labute approximate surface area is 184 Å². The smallest absolute Gasteiger partial charge is 1.00 e. The van der Waals surface area contributed by atoms with Gasteiger partial charge in [-0.1, -0.05) is 46.1 Å². The molecule has 0 heterocycles. The molecule has 2 aromatic rings. The molecule has 2 rings (SSSR count). The van der Waals surface area contributed by atoms with Crippen molar-refractivity contribution in [3.63, 3.8) is 0 Å². The van der Waals surface area contributed by atoms with Crippen LogP contribution in [0.1, 0.15) is 30.7 Å². The van der Waals surface area contributed by atoms with Crippen molar-refractivity contribution in [1.29, 1.82) is 0 Å². The second-order valence-electron chi connectivity index (χ2n) is 4.79. The average molecular weight is 466 g/mol. The fourth-order valence-corrected chi connectivity index (χ4v) is 2.94. The first-order chi connectivity index (χ1) is 11.1. The number of rotatable bonds is 4. The number of alkyl halides is 3. The van der Waals surface area contributed by atoms with Crippen molar-refractivity contribution in [2.75, 3.05) is 0 Å². The maximum absolute atomic E-state index is 12.7. The summed E-state index contributed by atoms with van der Waals surface area (Å²) in [7, 11) is 0. The van der Waals surface area contributed by atoms with Gasteiger partial charge in [-0.05, 0) is 30.3 Å². The molecule has 0 aromatic heterocycles. The van der Waals surface area contributed by atoms with E-state index < -0.39 is 11.7 Å². The Hall–Kier alpha value is -0.240. The first-order valence-corrected chi connectivity index (χ1v) is 8.25. The Kier molecular flexibility index (Phi) is 8.31. The van der Waals surface area contributed by atoms with Crippen LogP contribution in [0, 0.1) is 0 Å². The molecule has 0 saturated heterocycles. The van der Waals surface area contributed by atoms with Crippen molar-refractivity contribution in [1.82, 2.24) is 0 Å². The Morgan fingerprint density at radius 1 is 1.20 bits per heavy atom. The minimum atomic E-state index is -4.57. The van der Waals surface area contributed by atoms with Gasteiger partial charge >= 0.3 is 35.7 Å². The zero-order chi connectivity index (χ0) is 18.1. The molecular weight excluding hydrogens is 455 g/mol. The van der Waals surface area contributed by atoms with Gasteiger partial charge in [0.1, 0.15) is 5.75 Å². The molecule has 0 radical (unpaired) electrons. The molecule has 0 aliphatic rings. The van der Waals surface area contributed by atoms with Crippen LogP contribution in [0.25, 0.3) is 0 Å². The average Bonchev–Trinajstić information content (AvgIpc) is 2.50. The molecule has 130 valence electrons. The summed E-state index contributed by atoms with van der Waals surface area (Å²) in [5.41, 5.74) is -0.573. The van der Waals surface area contributed by atoms with E-state index in [1.807, 2.05) is 0 Å². The van der Waals surface area contributed by atoms with Crippen molar-refractivity contribution in [2.45, 2.75) is 19.5 Å². The summed E-state index contributed by atoms with van der Waals surface area (Å²) in [6.45, 7) is 1.71. The third-order valence-corrected chi connectivity index (χ3v) is 4.36. The third kappa shape index (κ3) is 5.62. The molecular formula is C16H11BrCl2F3NaO2. The Morgan fingerprint density at radius 3 is 2.24 bits per heavy atom. The van der Waals surface area contributed by atoms with Gasteiger partial charge in [-0.2, -0.15) is 13.2 Å². The van der Waals surface area contributed by atoms with Crippen LogP contribution < -0.4 is 34.3 Å². The summed E-state index contributed by atoms with van der Waals surface area (Å²) >= 11 is 15.0. The Bertz CT molecular complexity index is 781. The zero-order valence-electron chi connectivity index (χ0n) is 14.2. The number of ether oxygens (including phenoxy) is 1. The quantitative estimate of drug-likeness (QED) is 0.497. The van der Waals surface area contributed by atoms with E-state index in [-0.39, 0.29) is 58.3 Å². The minimum Gasteiger partial charge on any atom is -1.00 e. The van der Waals surface area contributed by atoms with Gasteiger partial charge in [0.15, 0.2) is 11.5 Å². The van der Waals surface area contributed by atoms with Crippen LogP contribution in [-0.4, -0.2) is 5.78 Å². The number of carbonyl (C=O) groups excluding carboxylic acids is 1. The maximum Gasteiger partial charge on any atom is 1.00 e. The predicted molar refractivity (Wildman–Crippen MR) is 91.4 cm³/mol. The van der Waals surface area contributed by atoms with Crippen LogP contribution in [0.5, 0.6) is 11.5 Å². The summed E-state index contributed by atoms with van der Waals surface area (Å²) < 4.78 is 44.3. The SMILES string of the molecule is CCC(=O)c1cc(Oc2c(Cl)cc(C(F)(F)F)cc2Cl)ccc1Br.[H-].[Na+]. The summed E-state index contributed by atoms with van der Waals surface area (Å²) in [5.74, 6) is 0.0130. The van der Waals surface area contributed by atoms with Crippen molar-refractivity contribution in [3.05, 3.63) is 56.0 Å². The largest absolute Gasteiger partial charge is 1.00 e. The van der Waals surface area contributed by atoms with Gasteiger partial charge in [-0.15, -0.1) is 0 Å². The minimum absolute atomic E-state index is 0. The molecule has 0 fully saturated rings. The standard InChI is InChI=1S/C16H10BrCl2F3O2.Na.H/c1-2-14(23)10-7-9(3-4-11(10)17)24-15-12(18)5-8(6-13(15)19)16(20,21)22;;/h3-7H,2H2,1H3;;/q;+1;-1. The number of halogens is 6. The number of hydrogen-bond acceptors (Lipinski definition) is 2. The topological polar surface area (TPSA) is 26.3 Å². The molecule has 0 saturated carbocycles. The third-order valence-electron chi connectivity index (χ3n) is 3.10. The first-order valence-electron chi connectivity index (χ1n) is 6.70. The van der Waals surface area contributed by atoms with Gasteiger partial charge in [0.25, 0.3) is 0 Å². The van der Waals surface area contributed by atoms with Gasteiger partial charge in [-0.25, -0.2) is 0 Å². The summed E-state index contributed by atoms with van der Waals surface area (Å²) in [6, 6.07) is 6.09. The van der Waals surface area contributed by atoms with Crippen molar-refractivity contribution in [2.24, 2.45) is 0 Å². The van der Waals surface area contributed by atoms with E-state index in [1.54, 1.807) is 19.1 Å². The number of Topliss-reactive ketones (excluding diaryl/α,β-unsaturated/α-hetero) is 1. The van der Waals surface area contributed by atoms with E-state index in [0.717, 1.165) is 12.1 Å². The van der Waals surface area contributed by atoms with E-state index in [2.05, 4.69) is 15.9 Å². The van der Waals surface area contributed by atoms with E-state index in [4.69, 9.17) is 27.9 Å². The van der Waals surface area contributed by atoms with Crippen molar-refractivity contribution < 1.29 is 53.7 Å². The summed E-state index contributed by atoms with van der Waals surface area (Å²) in [6.07, 6.45) is -4.27. The summed E-state index contributed by atoms with van der Waals surface area (Å²) in [4.78, 5) is 11.9. The second kappa shape index (κ2) is 9.11. The van der Waals surface area contributed by atoms with Crippen LogP contribution in [0.4, 0.5) is 13.2 Å². The van der Waals surface area contributed by atoms with E-state index in [9.17, 15) is 18.0 Å². The summed E-state index contributed by atoms with van der Waals surface area (Å²) in [5, 5.41) is -0.553. The van der Waals surface area contributed by atoms with E-state index >= 15 is 0 Å². The van der Waals surface area contributed by atoms with Gasteiger partial charge in [0.2, 0.25) is 0 Å². The molecule has 2 aromatic carbocycles. The molecule has 0 bridgehead atoms. The van der Waals surface area contributed by atoms with Gasteiger partial charge in [-0.3, -0.25) is 4.79 Å². The predicted octanol–water partition coefficient (Wildman–Crippen LogP) is 4.28. The van der Waals surface area contributed by atoms with Gasteiger partial charge in [0, 0.05) is 16.5 Å². The molecule has 0 aliphatic carbocycles. The molecule has 2 nitrogen and oxygen atoms in total. The molecule has 9 heteroatoms. The van der Waals surface area contributed by atoms with Crippen LogP contribution in [0.3, 0.4) is 0 Å². The molecule has 0 aliphatic heterocycles. The zero-order valence-corrected chi connectivity index (χ0v) is 18.3. The van der Waals surface area contributed by atoms with Crippen LogP contribution in [0.15, 0.2) is 34.8 Å². The molecule has 0 amide bonds. The number of ketones is 1. The molecule has 0 spiro atoms. The number of hydrogen-bond donors (Lipinski definition) is 0. The molecule has 0 unspecified atom stereocenters. The van der Waals surface area contributed by atoms with Crippen LogP contribution in [0.2, 0.25) is 10.0 Å². The maximum atomic E-state index is 12.7. The number of carbonyl (C=O) groups is 1. The monoisotopic (exact) mass is 464 g/mol. The van der Waals surface area contributed by atoms with Crippen molar-refractivity contribution in [3.8, 4) is 11.5 Å². The van der Waals surface area contributed by atoms with Crippen LogP contribution in [-0.2, 0) is 6.18 Å². The fourth-order valence-electron chi connectivity index (χ4n) is 1.91. The van der Waals surface area contributed by atoms with Gasteiger partial charge in [0.05, 0.1) is 15.6 Å². The normalized spacial score (nSPS) is 11.0. The molecule has 0 atom stereocenters. The molecule has 0 N–H and O–H groups in total. The first kappa shape index (κ1) is 22.8. The van der Waals surface area contributed by atoms with Crippen LogP contribution >= 0.6 is 39.1 Å². The fraction of sp³-hybridized carbons (Fsp3) is 0.188. The second-order valence-corrected chi connectivity index (χ2v) is 6.46. The van der Waals surface area contributed by atoms with E-state index in [1.165, 1.54) is 6.07 Å². The number of benzene rings is 2. The van der Waals surface area contributed by atoms with Crippen molar-refractivity contribution >= 4 is 44.9 Å². The van der Waals surface area contributed by atoms with Gasteiger partial charge < -0.3 is 6.16 Å². The Morgan fingerprint density at radius 2 is 1.76 bits per heavy atom.